The molecule has 0 aromatic rings. The molecule has 2 rings (SSSR count). The fraction of sp³-hybridized carbons (Fsp3) is 0.846. The molecule has 1 N–H and O–H groups in total. The van der Waals surface area contributed by atoms with Crippen LogP contribution in [0.4, 0.5) is 0 Å². The van der Waals surface area contributed by atoms with E-state index in [0.29, 0.717) is 25.9 Å². The van der Waals surface area contributed by atoms with Crippen LogP contribution in [-0.4, -0.2) is 48.2 Å². The molecule has 102 valence electrons. The van der Waals surface area contributed by atoms with Gasteiger partial charge in [0, 0.05) is 25.6 Å². The Bertz CT molecular complexity index is 343. The lowest BCUT2D eigenvalue weighted by Crippen LogP contribution is -2.45. The standard InChI is InChI=1S/C13H21NO4/c1-13(5-6-13)12(17)14-7-3-9(4-8-14)10(18-2)11(15)16/h9-10H,3-8H2,1-2H3,(H,15,16). The lowest BCUT2D eigenvalue weighted by Gasteiger charge is -2.35. The average Bonchev–Trinajstić information content (AvgIpc) is 3.09. The van der Waals surface area contributed by atoms with Crippen molar-refractivity contribution in [3.05, 3.63) is 0 Å². The molecule has 0 radical (unpaired) electrons. The van der Waals surface area contributed by atoms with Crippen molar-refractivity contribution in [3.63, 3.8) is 0 Å². The lowest BCUT2D eigenvalue weighted by molar-refractivity contribution is -0.153. The normalized spacial score (nSPS) is 24.7. The molecule has 0 bridgehead atoms. The van der Waals surface area contributed by atoms with Crippen molar-refractivity contribution in [2.45, 2.75) is 38.7 Å². The smallest absolute Gasteiger partial charge is 0.333 e. The molecular formula is C13H21NO4. The predicted molar refractivity (Wildman–Crippen MR) is 65.1 cm³/mol. The maximum absolute atomic E-state index is 12.1. The number of hydrogen-bond donors (Lipinski definition) is 1. The summed E-state index contributed by atoms with van der Waals surface area (Å²) < 4.78 is 5.02. The fourth-order valence-corrected chi connectivity index (χ4v) is 2.68. The van der Waals surface area contributed by atoms with Gasteiger partial charge < -0.3 is 14.7 Å². The van der Waals surface area contributed by atoms with Crippen LogP contribution in [0.5, 0.6) is 0 Å². The van der Waals surface area contributed by atoms with Crippen LogP contribution in [0.1, 0.15) is 32.6 Å². The summed E-state index contributed by atoms with van der Waals surface area (Å²) in [4.78, 5) is 25.0. The van der Waals surface area contributed by atoms with Crippen LogP contribution in [0.15, 0.2) is 0 Å². The quantitative estimate of drug-likeness (QED) is 0.817. The molecule has 1 atom stereocenters. The highest BCUT2D eigenvalue weighted by molar-refractivity contribution is 5.85. The van der Waals surface area contributed by atoms with Crippen LogP contribution in [-0.2, 0) is 14.3 Å². The molecule has 1 aliphatic heterocycles. The molecule has 0 spiro atoms. The zero-order valence-corrected chi connectivity index (χ0v) is 11.0. The van der Waals surface area contributed by atoms with Crippen molar-refractivity contribution in [1.29, 1.82) is 0 Å². The monoisotopic (exact) mass is 255 g/mol. The summed E-state index contributed by atoms with van der Waals surface area (Å²) in [6, 6.07) is 0. The zero-order valence-electron chi connectivity index (χ0n) is 11.0. The van der Waals surface area contributed by atoms with Gasteiger partial charge in [-0.05, 0) is 31.6 Å². The maximum Gasteiger partial charge on any atom is 0.333 e. The predicted octanol–water partition coefficient (Wildman–Crippen LogP) is 1.12. The first-order chi connectivity index (χ1) is 8.48. The molecular weight excluding hydrogens is 234 g/mol. The van der Waals surface area contributed by atoms with E-state index in [4.69, 9.17) is 9.84 Å². The van der Waals surface area contributed by atoms with Crippen LogP contribution in [0.25, 0.3) is 0 Å². The Morgan fingerprint density at radius 3 is 2.28 bits per heavy atom. The first-order valence-corrected chi connectivity index (χ1v) is 6.53. The van der Waals surface area contributed by atoms with Crippen molar-refractivity contribution < 1.29 is 19.4 Å². The second-order valence-electron chi connectivity index (χ2n) is 5.68. The molecule has 0 aromatic carbocycles. The number of likely N-dealkylation sites (tertiary alicyclic amines) is 1. The molecule has 1 heterocycles. The number of carbonyl (C=O) groups is 2. The molecule has 1 saturated carbocycles. The highest BCUT2D eigenvalue weighted by Gasteiger charge is 2.47. The average molecular weight is 255 g/mol. The number of hydrogen-bond acceptors (Lipinski definition) is 3. The van der Waals surface area contributed by atoms with Gasteiger partial charge in [0.05, 0.1) is 0 Å². The van der Waals surface area contributed by atoms with Gasteiger partial charge in [-0.15, -0.1) is 0 Å². The first-order valence-electron chi connectivity index (χ1n) is 6.53. The van der Waals surface area contributed by atoms with Gasteiger partial charge in [-0.2, -0.15) is 0 Å². The second kappa shape index (κ2) is 4.88. The summed E-state index contributed by atoms with van der Waals surface area (Å²) >= 11 is 0. The minimum absolute atomic E-state index is 0.0172. The number of nitrogens with zero attached hydrogens (tertiary/aromatic N) is 1. The Morgan fingerprint density at radius 2 is 1.89 bits per heavy atom. The summed E-state index contributed by atoms with van der Waals surface area (Å²) in [5.74, 6) is -0.648. The Hall–Kier alpha value is -1.10. The summed E-state index contributed by atoms with van der Waals surface area (Å²) in [5, 5.41) is 9.03. The molecule has 2 aliphatic rings. The van der Waals surface area contributed by atoms with E-state index in [1.165, 1.54) is 7.11 Å². The van der Waals surface area contributed by atoms with E-state index < -0.39 is 12.1 Å². The van der Waals surface area contributed by atoms with Crippen LogP contribution < -0.4 is 0 Å². The fourth-order valence-electron chi connectivity index (χ4n) is 2.68. The van der Waals surface area contributed by atoms with E-state index >= 15 is 0 Å². The van der Waals surface area contributed by atoms with Crippen LogP contribution in [0, 0.1) is 11.3 Å². The molecule has 1 amide bonds. The minimum Gasteiger partial charge on any atom is -0.479 e. The van der Waals surface area contributed by atoms with Gasteiger partial charge in [0.1, 0.15) is 0 Å². The second-order valence-corrected chi connectivity index (χ2v) is 5.68. The number of carboxylic acid groups (broad SMARTS) is 1. The topological polar surface area (TPSA) is 66.8 Å². The van der Waals surface area contributed by atoms with Crippen molar-refractivity contribution in [2.75, 3.05) is 20.2 Å². The van der Waals surface area contributed by atoms with Crippen LogP contribution in [0.2, 0.25) is 0 Å². The third-order valence-corrected chi connectivity index (χ3v) is 4.27. The highest BCUT2D eigenvalue weighted by Crippen LogP contribution is 2.47. The molecule has 18 heavy (non-hydrogen) atoms. The summed E-state index contributed by atoms with van der Waals surface area (Å²) in [6.45, 7) is 3.33. The molecule has 1 unspecified atom stereocenters. The minimum atomic E-state index is -0.906. The number of amides is 1. The van der Waals surface area contributed by atoms with Gasteiger partial charge in [-0.25, -0.2) is 4.79 Å². The Labute approximate surface area is 107 Å². The number of piperidine rings is 1. The van der Waals surface area contributed by atoms with Crippen molar-refractivity contribution in [2.24, 2.45) is 11.3 Å². The van der Waals surface area contributed by atoms with Gasteiger partial charge in [0.15, 0.2) is 6.10 Å². The number of ether oxygens (including phenoxy) is 1. The molecule has 5 heteroatoms. The van der Waals surface area contributed by atoms with Crippen molar-refractivity contribution in [1.82, 2.24) is 4.90 Å². The van der Waals surface area contributed by atoms with Crippen molar-refractivity contribution >= 4 is 11.9 Å². The lowest BCUT2D eigenvalue weighted by atomic mass is 9.90. The Balaban J connectivity index is 1.88. The first kappa shape index (κ1) is 13.3. The number of rotatable bonds is 4. The van der Waals surface area contributed by atoms with E-state index in [1.54, 1.807) is 0 Å². The summed E-state index contributed by atoms with van der Waals surface area (Å²) in [5.41, 5.74) is -0.125. The Morgan fingerprint density at radius 1 is 1.33 bits per heavy atom. The van der Waals surface area contributed by atoms with Crippen molar-refractivity contribution in [3.8, 4) is 0 Å². The highest BCUT2D eigenvalue weighted by atomic mass is 16.5. The summed E-state index contributed by atoms with van der Waals surface area (Å²) in [7, 11) is 1.43. The third kappa shape index (κ3) is 2.51. The van der Waals surface area contributed by atoms with Crippen LogP contribution >= 0.6 is 0 Å². The zero-order chi connectivity index (χ0) is 13.3. The number of aliphatic carboxylic acids is 1. The Kier molecular flexibility index (Phi) is 3.61. The van der Waals surface area contributed by atoms with E-state index in [0.717, 1.165) is 12.8 Å². The molecule has 5 nitrogen and oxygen atoms in total. The summed E-state index contributed by atoms with van der Waals surface area (Å²) in [6.07, 6.45) is 2.67. The van der Waals surface area contributed by atoms with Gasteiger partial charge in [0.25, 0.3) is 0 Å². The molecule has 1 aliphatic carbocycles. The van der Waals surface area contributed by atoms with Gasteiger partial charge in [0.2, 0.25) is 5.91 Å². The van der Waals surface area contributed by atoms with Gasteiger partial charge in [-0.1, -0.05) is 6.92 Å². The largest absolute Gasteiger partial charge is 0.479 e. The van der Waals surface area contributed by atoms with Gasteiger partial charge in [-0.3, -0.25) is 4.79 Å². The van der Waals surface area contributed by atoms with Crippen LogP contribution in [0.3, 0.4) is 0 Å². The van der Waals surface area contributed by atoms with Gasteiger partial charge >= 0.3 is 5.97 Å². The molecule has 0 aromatic heterocycles. The number of carbonyl (C=O) groups excluding carboxylic acids is 1. The van der Waals surface area contributed by atoms with E-state index in [1.807, 2.05) is 11.8 Å². The van der Waals surface area contributed by atoms with E-state index in [-0.39, 0.29) is 17.2 Å². The number of methoxy groups -OCH3 is 1. The maximum atomic E-state index is 12.1. The molecule has 1 saturated heterocycles. The van der Waals surface area contributed by atoms with E-state index in [9.17, 15) is 9.59 Å². The SMILES string of the molecule is COC(C(=O)O)C1CCN(C(=O)C2(C)CC2)CC1. The van der Waals surface area contributed by atoms with E-state index in [2.05, 4.69) is 0 Å². The number of carboxylic acids is 1. The third-order valence-electron chi connectivity index (χ3n) is 4.27. The molecule has 2 fully saturated rings.